The fourth-order valence-corrected chi connectivity index (χ4v) is 1.42. The molecule has 1 aromatic carbocycles. The monoisotopic (exact) mass is 192 g/mol. The molecule has 0 radical (unpaired) electrons. The molecule has 0 amide bonds. The van der Waals surface area contributed by atoms with Crippen molar-refractivity contribution in [3.63, 3.8) is 0 Å². The molecule has 74 valence electrons. The first-order valence-corrected chi connectivity index (χ1v) is 4.28. The van der Waals surface area contributed by atoms with Crippen LogP contribution in [-0.4, -0.2) is 17.4 Å². The smallest absolute Gasteiger partial charge is 0.335 e. The van der Waals surface area contributed by atoms with Crippen LogP contribution in [0.15, 0.2) is 6.07 Å². The molecule has 0 aromatic heterocycles. The summed E-state index contributed by atoms with van der Waals surface area (Å²) in [6.07, 6.45) is 0.689. The topological polar surface area (TPSA) is 54.4 Å². The van der Waals surface area contributed by atoms with Crippen molar-refractivity contribution in [2.75, 3.05) is 0 Å². The zero-order chi connectivity index (χ0) is 10.9. The van der Waals surface area contributed by atoms with E-state index in [1.165, 1.54) is 6.07 Å². The van der Waals surface area contributed by atoms with E-state index >= 15 is 0 Å². The van der Waals surface area contributed by atoms with Crippen LogP contribution in [-0.2, 0) is 0 Å². The molecule has 0 aliphatic carbocycles. The summed E-state index contributed by atoms with van der Waals surface area (Å²) < 4.78 is 0. The van der Waals surface area contributed by atoms with E-state index in [0.717, 1.165) is 16.7 Å². The van der Waals surface area contributed by atoms with E-state index in [1.54, 1.807) is 6.92 Å². The molecule has 0 saturated heterocycles. The summed E-state index contributed by atoms with van der Waals surface area (Å²) in [6.45, 7) is 5.39. The maximum absolute atomic E-state index is 10.8. The van der Waals surface area contributed by atoms with E-state index in [-0.39, 0.29) is 5.56 Å². The van der Waals surface area contributed by atoms with Crippen molar-refractivity contribution < 1.29 is 14.7 Å². The van der Waals surface area contributed by atoms with Gasteiger partial charge in [0.25, 0.3) is 0 Å². The van der Waals surface area contributed by atoms with Gasteiger partial charge in [-0.05, 0) is 43.5 Å². The molecule has 3 nitrogen and oxygen atoms in total. The summed E-state index contributed by atoms with van der Waals surface area (Å²) in [5.74, 6) is -0.992. The zero-order valence-corrected chi connectivity index (χ0v) is 8.42. The molecule has 0 aliphatic heterocycles. The minimum Gasteiger partial charge on any atom is -0.478 e. The number of carboxylic acid groups (broad SMARTS) is 1. The molecule has 1 aromatic rings. The van der Waals surface area contributed by atoms with Gasteiger partial charge in [-0.15, -0.1) is 0 Å². The highest BCUT2D eigenvalue weighted by Crippen LogP contribution is 2.20. The fraction of sp³-hybridized carbons (Fsp3) is 0.273. The first-order chi connectivity index (χ1) is 6.49. The normalized spacial score (nSPS) is 9.93. The SMILES string of the molecule is Cc1c(C=O)cc(C(=O)O)c(C)c1C. The molecule has 1 rings (SSSR count). The number of hydrogen-bond donors (Lipinski definition) is 1. The highest BCUT2D eigenvalue weighted by atomic mass is 16.4. The average molecular weight is 192 g/mol. The van der Waals surface area contributed by atoms with E-state index in [4.69, 9.17) is 5.11 Å². The van der Waals surface area contributed by atoms with Crippen LogP contribution in [0.5, 0.6) is 0 Å². The third kappa shape index (κ3) is 1.53. The van der Waals surface area contributed by atoms with Gasteiger partial charge in [-0.2, -0.15) is 0 Å². The summed E-state index contributed by atoms with van der Waals surface area (Å²) in [5, 5.41) is 8.89. The lowest BCUT2D eigenvalue weighted by Crippen LogP contribution is -2.05. The Morgan fingerprint density at radius 3 is 2.21 bits per heavy atom. The Balaban J connectivity index is 3.56. The van der Waals surface area contributed by atoms with Gasteiger partial charge in [-0.1, -0.05) is 0 Å². The molecule has 0 aliphatic rings. The van der Waals surface area contributed by atoms with Crippen LogP contribution in [0.25, 0.3) is 0 Å². The minimum atomic E-state index is -0.992. The summed E-state index contributed by atoms with van der Waals surface area (Å²) in [4.78, 5) is 21.5. The minimum absolute atomic E-state index is 0.204. The fourth-order valence-electron chi connectivity index (χ4n) is 1.42. The third-order valence-corrected chi connectivity index (χ3v) is 2.62. The van der Waals surface area contributed by atoms with Gasteiger partial charge in [-0.3, -0.25) is 4.79 Å². The Labute approximate surface area is 82.4 Å². The highest BCUT2D eigenvalue weighted by Gasteiger charge is 2.13. The van der Waals surface area contributed by atoms with Gasteiger partial charge in [0.2, 0.25) is 0 Å². The van der Waals surface area contributed by atoms with Crippen LogP contribution in [0.2, 0.25) is 0 Å². The average Bonchev–Trinajstić information content (AvgIpc) is 2.14. The first kappa shape index (κ1) is 10.4. The van der Waals surface area contributed by atoms with E-state index in [0.29, 0.717) is 11.8 Å². The number of benzene rings is 1. The maximum atomic E-state index is 10.8. The second-order valence-electron chi connectivity index (χ2n) is 3.31. The maximum Gasteiger partial charge on any atom is 0.335 e. The van der Waals surface area contributed by atoms with Gasteiger partial charge in [0, 0.05) is 5.56 Å². The van der Waals surface area contributed by atoms with Gasteiger partial charge >= 0.3 is 5.97 Å². The summed E-state index contributed by atoms with van der Waals surface area (Å²) in [6, 6.07) is 1.42. The highest BCUT2D eigenvalue weighted by molar-refractivity contribution is 5.93. The number of aromatic carboxylic acids is 1. The number of aldehydes is 1. The van der Waals surface area contributed by atoms with Gasteiger partial charge < -0.3 is 5.11 Å². The molecular weight excluding hydrogens is 180 g/mol. The standard InChI is InChI=1S/C11H12O3/c1-6-7(2)9(5-12)4-10(8(6)3)11(13)14/h4-5H,1-3H3,(H,13,14). The molecule has 0 atom stereocenters. The van der Waals surface area contributed by atoms with E-state index in [9.17, 15) is 9.59 Å². The van der Waals surface area contributed by atoms with Crippen molar-refractivity contribution >= 4 is 12.3 Å². The van der Waals surface area contributed by atoms with E-state index < -0.39 is 5.97 Å². The molecule has 0 heterocycles. The molecule has 0 spiro atoms. The Kier molecular flexibility index (Phi) is 2.70. The van der Waals surface area contributed by atoms with Crippen molar-refractivity contribution in [1.82, 2.24) is 0 Å². The van der Waals surface area contributed by atoms with Gasteiger partial charge in [0.15, 0.2) is 0 Å². The van der Waals surface area contributed by atoms with Crippen molar-refractivity contribution in [1.29, 1.82) is 0 Å². The lowest BCUT2D eigenvalue weighted by molar-refractivity contribution is 0.0696. The van der Waals surface area contributed by atoms with E-state index in [2.05, 4.69) is 0 Å². The molecule has 0 unspecified atom stereocenters. The second kappa shape index (κ2) is 3.62. The Morgan fingerprint density at radius 1 is 1.21 bits per heavy atom. The number of rotatable bonds is 2. The van der Waals surface area contributed by atoms with Gasteiger partial charge in [0.05, 0.1) is 5.56 Å². The van der Waals surface area contributed by atoms with Crippen molar-refractivity contribution in [2.45, 2.75) is 20.8 Å². The van der Waals surface area contributed by atoms with Crippen LogP contribution in [0.3, 0.4) is 0 Å². The van der Waals surface area contributed by atoms with Crippen LogP contribution in [0, 0.1) is 20.8 Å². The summed E-state index contributed by atoms with van der Waals surface area (Å²) in [7, 11) is 0. The molecule has 0 bridgehead atoms. The van der Waals surface area contributed by atoms with Gasteiger partial charge in [0.1, 0.15) is 6.29 Å². The summed E-state index contributed by atoms with van der Waals surface area (Å²) in [5.41, 5.74) is 3.09. The van der Waals surface area contributed by atoms with Crippen LogP contribution in [0.4, 0.5) is 0 Å². The predicted octanol–water partition coefficient (Wildman–Crippen LogP) is 2.12. The second-order valence-corrected chi connectivity index (χ2v) is 3.31. The van der Waals surface area contributed by atoms with Gasteiger partial charge in [-0.25, -0.2) is 4.79 Å². The Hall–Kier alpha value is -1.64. The third-order valence-electron chi connectivity index (χ3n) is 2.62. The Bertz CT molecular complexity index is 405. The molecule has 14 heavy (non-hydrogen) atoms. The molecule has 0 fully saturated rings. The lowest BCUT2D eigenvalue weighted by atomic mass is 9.94. The molecule has 3 heteroatoms. The molecule has 0 saturated carbocycles. The number of carbonyl (C=O) groups excluding carboxylic acids is 1. The van der Waals surface area contributed by atoms with Crippen LogP contribution in [0.1, 0.15) is 37.4 Å². The van der Waals surface area contributed by atoms with E-state index in [1.807, 2.05) is 13.8 Å². The number of carbonyl (C=O) groups is 2. The largest absolute Gasteiger partial charge is 0.478 e. The predicted molar refractivity (Wildman–Crippen MR) is 53.0 cm³/mol. The zero-order valence-electron chi connectivity index (χ0n) is 8.42. The van der Waals surface area contributed by atoms with Crippen LogP contribution >= 0.6 is 0 Å². The quantitative estimate of drug-likeness (QED) is 0.730. The molecular formula is C11H12O3. The molecule has 1 N–H and O–H groups in total. The first-order valence-electron chi connectivity index (χ1n) is 4.28. The van der Waals surface area contributed by atoms with Crippen molar-refractivity contribution in [2.24, 2.45) is 0 Å². The Morgan fingerprint density at radius 2 is 1.79 bits per heavy atom. The number of hydrogen-bond acceptors (Lipinski definition) is 2. The number of carboxylic acids is 1. The lowest BCUT2D eigenvalue weighted by Gasteiger charge is -2.10. The van der Waals surface area contributed by atoms with Crippen LogP contribution < -0.4 is 0 Å². The van der Waals surface area contributed by atoms with Crippen molar-refractivity contribution in [3.8, 4) is 0 Å². The summed E-state index contributed by atoms with van der Waals surface area (Å²) >= 11 is 0. The van der Waals surface area contributed by atoms with Crippen molar-refractivity contribution in [3.05, 3.63) is 33.9 Å².